The lowest BCUT2D eigenvalue weighted by Crippen LogP contribution is -2.30. The third-order valence-electron chi connectivity index (χ3n) is 4.45. The summed E-state index contributed by atoms with van der Waals surface area (Å²) in [6.07, 6.45) is 2.18. The molecule has 0 spiro atoms. The maximum absolute atomic E-state index is 12.5. The van der Waals surface area contributed by atoms with Crippen molar-refractivity contribution in [3.05, 3.63) is 41.6 Å². The highest BCUT2D eigenvalue weighted by Gasteiger charge is 2.27. The van der Waals surface area contributed by atoms with Gasteiger partial charge >= 0.3 is 0 Å². The Balaban J connectivity index is 1.82. The lowest BCUT2D eigenvalue weighted by atomic mass is 10.1. The van der Waals surface area contributed by atoms with Gasteiger partial charge in [0.25, 0.3) is 5.91 Å². The second-order valence-electron chi connectivity index (χ2n) is 7.03. The number of hydrogen-bond acceptors (Lipinski definition) is 6. The van der Waals surface area contributed by atoms with Crippen LogP contribution in [-0.4, -0.2) is 33.6 Å². The van der Waals surface area contributed by atoms with Crippen molar-refractivity contribution in [2.45, 2.75) is 38.6 Å². The van der Waals surface area contributed by atoms with Crippen LogP contribution in [0.1, 0.15) is 48.7 Å². The van der Waals surface area contributed by atoms with Gasteiger partial charge in [0.2, 0.25) is 5.95 Å². The van der Waals surface area contributed by atoms with E-state index in [0.29, 0.717) is 28.9 Å². The molecule has 1 amide bonds. The molecule has 0 radical (unpaired) electrons. The molecule has 3 rings (SSSR count). The molecule has 0 bridgehead atoms. The molecule has 5 N–H and O–H groups in total. The molecule has 0 unspecified atom stereocenters. The summed E-state index contributed by atoms with van der Waals surface area (Å²) in [5, 5.41) is 15.5. The van der Waals surface area contributed by atoms with Gasteiger partial charge in [0, 0.05) is 23.2 Å². The number of nitrogen functional groups attached to an aromatic ring is 1. The summed E-state index contributed by atoms with van der Waals surface area (Å²) < 4.78 is 0. The zero-order valence-electron chi connectivity index (χ0n) is 15.1. The van der Waals surface area contributed by atoms with E-state index >= 15 is 0 Å². The number of anilines is 3. The van der Waals surface area contributed by atoms with Crippen molar-refractivity contribution in [3.8, 4) is 0 Å². The van der Waals surface area contributed by atoms with Crippen LogP contribution >= 0.6 is 0 Å². The summed E-state index contributed by atoms with van der Waals surface area (Å²) in [7, 11) is 0. The largest absolute Gasteiger partial charge is 0.399 e. The number of nitrogens with zero attached hydrogens (tertiary/aromatic N) is 2. The number of aromatic nitrogens is 2. The number of aliphatic hydroxyl groups excluding tert-OH is 1. The van der Waals surface area contributed by atoms with Gasteiger partial charge in [0.15, 0.2) is 0 Å². The molecule has 138 valence electrons. The fraction of sp³-hybridized carbons (Fsp3) is 0.421. The summed E-state index contributed by atoms with van der Waals surface area (Å²) in [5.74, 6) is 1.22. The fourth-order valence-electron chi connectivity index (χ4n) is 2.64. The number of amides is 1. The van der Waals surface area contributed by atoms with Gasteiger partial charge in [-0.05, 0) is 37.0 Å². The number of carbonyl (C=O) groups excluding carboxylic acids is 1. The number of rotatable bonds is 7. The lowest BCUT2D eigenvalue weighted by molar-refractivity contribution is 0.102. The number of nitrogens with one attached hydrogen (secondary N) is 2. The summed E-state index contributed by atoms with van der Waals surface area (Å²) in [5.41, 5.74) is 7.66. The van der Waals surface area contributed by atoms with Gasteiger partial charge in [0.1, 0.15) is 5.82 Å². The Morgan fingerprint density at radius 1 is 1.31 bits per heavy atom. The Hall–Kier alpha value is -2.67. The van der Waals surface area contributed by atoms with E-state index in [4.69, 9.17) is 5.73 Å². The first-order chi connectivity index (χ1) is 12.5. The lowest BCUT2D eigenvalue weighted by Gasteiger charge is -2.20. The number of hydrogen-bond donors (Lipinski definition) is 4. The van der Waals surface area contributed by atoms with E-state index in [0.717, 1.165) is 18.5 Å². The van der Waals surface area contributed by atoms with Gasteiger partial charge in [-0.25, -0.2) is 4.98 Å². The van der Waals surface area contributed by atoms with Crippen LogP contribution in [0, 0.1) is 5.92 Å². The summed E-state index contributed by atoms with van der Waals surface area (Å²) >= 11 is 0. The van der Waals surface area contributed by atoms with E-state index in [2.05, 4.69) is 20.6 Å². The van der Waals surface area contributed by atoms with E-state index in [1.807, 2.05) is 19.9 Å². The molecule has 1 aromatic carbocycles. The Morgan fingerprint density at radius 3 is 2.69 bits per heavy atom. The van der Waals surface area contributed by atoms with E-state index in [1.165, 1.54) is 0 Å². The van der Waals surface area contributed by atoms with Gasteiger partial charge < -0.3 is 21.5 Å². The maximum atomic E-state index is 12.5. The standard InChI is InChI=1S/C19H25N5O2/c1-11(2)16(10-25)22-19-21-15(12-6-7-12)9-17(24-19)23-18(26)13-4-3-5-14(20)8-13/h3-5,8-9,11-12,16,25H,6-7,10,20H2,1-2H3,(H2,21,22,23,24,26)/t16-/m1/s1. The van der Waals surface area contributed by atoms with E-state index in [9.17, 15) is 9.90 Å². The second-order valence-corrected chi connectivity index (χ2v) is 7.03. The van der Waals surface area contributed by atoms with E-state index in [-0.39, 0.29) is 24.5 Å². The third-order valence-corrected chi connectivity index (χ3v) is 4.45. The Labute approximate surface area is 153 Å². The number of nitrogens with two attached hydrogens (primary N) is 1. The van der Waals surface area contributed by atoms with Crippen molar-refractivity contribution in [3.63, 3.8) is 0 Å². The van der Waals surface area contributed by atoms with Gasteiger partial charge in [-0.1, -0.05) is 19.9 Å². The number of benzene rings is 1. The third kappa shape index (κ3) is 4.49. The minimum absolute atomic E-state index is 0.0142. The van der Waals surface area contributed by atoms with Gasteiger partial charge in [-0.15, -0.1) is 0 Å². The van der Waals surface area contributed by atoms with Crippen LogP contribution in [0.15, 0.2) is 30.3 Å². The molecule has 7 nitrogen and oxygen atoms in total. The molecular formula is C19H25N5O2. The molecule has 7 heteroatoms. The highest BCUT2D eigenvalue weighted by molar-refractivity contribution is 6.04. The zero-order valence-corrected chi connectivity index (χ0v) is 15.1. The fourth-order valence-corrected chi connectivity index (χ4v) is 2.64. The summed E-state index contributed by atoms with van der Waals surface area (Å²) in [6, 6.07) is 8.46. The number of aliphatic hydroxyl groups is 1. The monoisotopic (exact) mass is 355 g/mol. The Morgan fingerprint density at radius 2 is 2.08 bits per heavy atom. The summed E-state index contributed by atoms with van der Waals surface area (Å²) in [6.45, 7) is 4.02. The van der Waals surface area contributed by atoms with Crippen LogP contribution in [0.3, 0.4) is 0 Å². The van der Waals surface area contributed by atoms with Crippen LogP contribution in [0.4, 0.5) is 17.5 Å². The molecule has 1 aromatic heterocycles. The average molecular weight is 355 g/mol. The van der Waals surface area contributed by atoms with Crippen molar-refractivity contribution < 1.29 is 9.90 Å². The Bertz CT molecular complexity index is 789. The highest BCUT2D eigenvalue weighted by Crippen LogP contribution is 2.40. The van der Waals surface area contributed by atoms with Crippen LogP contribution in [0.25, 0.3) is 0 Å². The highest BCUT2D eigenvalue weighted by atomic mass is 16.3. The quantitative estimate of drug-likeness (QED) is 0.568. The van der Waals surface area contributed by atoms with Gasteiger partial charge in [-0.2, -0.15) is 4.98 Å². The molecule has 1 saturated carbocycles. The normalized spacial score (nSPS) is 14.9. The molecule has 1 aliphatic rings. The maximum Gasteiger partial charge on any atom is 0.256 e. The van der Waals surface area contributed by atoms with Gasteiger partial charge in [-0.3, -0.25) is 4.79 Å². The van der Waals surface area contributed by atoms with Gasteiger partial charge in [0.05, 0.1) is 18.3 Å². The zero-order chi connectivity index (χ0) is 18.7. The van der Waals surface area contributed by atoms with Crippen LogP contribution in [-0.2, 0) is 0 Å². The predicted octanol–water partition coefficient (Wildman–Crippen LogP) is 2.62. The molecule has 1 fully saturated rings. The van der Waals surface area contributed by atoms with Crippen molar-refractivity contribution in [1.29, 1.82) is 0 Å². The van der Waals surface area contributed by atoms with E-state index < -0.39 is 0 Å². The van der Waals surface area contributed by atoms with Crippen LogP contribution in [0.5, 0.6) is 0 Å². The van der Waals surface area contributed by atoms with Crippen molar-refractivity contribution in [2.75, 3.05) is 23.0 Å². The first kappa shape index (κ1) is 18.1. The van der Waals surface area contributed by atoms with Crippen molar-refractivity contribution in [2.24, 2.45) is 5.92 Å². The molecule has 1 heterocycles. The molecule has 1 aliphatic carbocycles. The SMILES string of the molecule is CC(C)[C@@H](CO)Nc1nc(NC(=O)c2cccc(N)c2)cc(C2CC2)n1. The van der Waals surface area contributed by atoms with Crippen LogP contribution in [0.2, 0.25) is 0 Å². The van der Waals surface area contributed by atoms with E-state index in [1.54, 1.807) is 24.3 Å². The topological polar surface area (TPSA) is 113 Å². The van der Waals surface area contributed by atoms with Crippen LogP contribution < -0.4 is 16.4 Å². The summed E-state index contributed by atoms with van der Waals surface area (Å²) in [4.78, 5) is 21.4. The first-order valence-corrected chi connectivity index (χ1v) is 8.89. The molecular weight excluding hydrogens is 330 g/mol. The minimum atomic E-state index is -0.272. The number of carbonyl (C=O) groups is 1. The first-order valence-electron chi connectivity index (χ1n) is 8.89. The van der Waals surface area contributed by atoms with Crippen molar-refractivity contribution >= 4 is 23.4 Å². The molecule has 0 aliphatic heterocycles. The molecule has 26 heavy (non-hydrogen) atoms. The molecule has 2 aromatic rings. The predicted molar refractivity (Wildman–Crippen MR) is 102 cm³/mol. The smallest absolute Gasteiger partial charge is 0.256 e. The second kappa shape index (κ2) is 7.70. The Kier molecular flexibility index (Phi) is 5.37. The van der Waals surface area contributed by atoms with Crippen molar-refractivity contribution in [1.82, 2.24) is 9.97 Å². The molecule has 0 saturated heterocycles. The average Bonchev–Trinajstić information content (AvgIpc) is 3.44. The molecule has 1 atom stereocenters. The minimum Gasteiger partial charge on any atom is -0.399 e.